The van der Waals surface area contributed by atoms with Crippen molar-refractivity contribution in [1.29, 1.82) is 0 Å². The Labute approximate surface area is 100 Å². The average Bonchev–Trinajstić information content (AvgIpc) is 2.30. The van der Waals surface area contributed by atoms with Gasteiger partial charge >= 0.3 is 0 Å². The lowest BCUT2D eigenvalue weighted by Crippen LogP contribution is -2.28. The van der Waals surface area contributed by atoms with Crippen molar-refractivity contribution >= 4 is 17.7 Å². The smallest absolute Gasteiger partial charge is 0.230 e. The number of hydrogen-bond acceptors (Lipinski definition) is 3. The Morgan fingerprint density at radius 3 is 3.12 bits per heavy atom. The molecule has 0 aromatic carbocycles. The third-order valence-corrected chi connectivity index (χ3v) is 2.92. The fourth-order valence-corrected chi connectivity index (χ4v) is 1.78. The third kappa shape index (κ3) is 4.49. The molecule has 1 heterocycles. The largest absolute Gasteiger partial charge is 0.347 e. The van der Waals surface area contributed by atoms with Crippen molar-refractivity contribution in [3.05, 3.63) is 42.7 Å². The topological polar surface area (TPSA) is 42.0 Å². The van der Waals surface area contributed by atoms with Gasteiger partial charge in [-0.25, -0.2) is 0 Å². The Morgan fingerprint density at radius 1 is 1.69 bits per heavy atom. The van der Waals surface area contributed by atoms with Crippen LogP contribution in [0.15, 0.2) is 37.1 Å². The molecule has 0 unspecified atom stereocenters. The second-order valence-electron chi connectivity index (χ2n) is 3.35. The van der Waals surface area contributed by atoms with Gasteiger partial charge in [-0.3, -0.25) is 9.78 Å². The third-order valence-electron chi connectivity index (χ3n) is 1.98. The SMILES string of the molecule is C=CCSCC(=O)N[C@@H](C)c1ccccn1. The standard InChI is InChI=1S/C12H16N2OS/c1-3-8-16-9-12(15)14-10(2)11-6-4-5-7-13-11/h3-7,10H,1,8-9H2,2H3,(H,14,15)/t10-/m0/s1. The minimum atomic E-state index is -0.0435. The second kappa shape index (κ2) is 7.06. The highest BCUT2D eigenvalue weighted by Gasteiger charge is 2.09. The number of pyridine rings is 1. The van der Waals surface area contributed by atoms with Crippen molar-refractivity contribution in [2.45, 2.75) is 13.0 Å². The maximum absolute atomic E-state index is 11.5. The lowest BCUT2D eigenvalue weighted by molar-refractivity contribution is -0.119. The molecule has 1 amide bonds. The molecule has 3 nitrogen and oxygen atoms in total. The summed E-state index contributed by atoms with van der Waals surface area (Å²) in [7, 11) is 0. The van der Waals surface area contributed by atoms with E-state index in [0.29, 0.717) is 5.75 Å². The molecule has 1 rings (SSSR count). The van der Waals surface area contributed by atoms with Crippen molar-refractivity contribution in [3.63, 3.8) is 0 Å². The van der Waals surface area contributed by atoms with E-state index < -0.39 is 0 Å². The molecule has 1 atom stereocenters. The first-order valence-corrected chi connectivity index (χ1v) is 6.28. The minimum absolute atomic E-state index is 0.0324. The van der Waals surface area contributed by atoms with Gasteiger partial charge in [0, 0.05) is 11.9 Å². The van der Waals surface area contributed by atoms with Gasteiger partial charge in [-0.05, 0) is 19.1 Å². The van der Waals surface area contributed by atoms with Crippen LogP contribution in [0.5, 0.6) is 0 Å². The molecule has 0 saturated heterocycles. The predicted octanol–water partition coefficient (Wildman–Crippen LogP) is 2.18. The van der Waals surface area contributed by atoms with E-state index in [1.807, 2.05) is 25.1 Å². The molecule has 1 aromatic rings. The van der Waals surface area contributed by atoms with Crippen LogP contribution < -0.4 is 5.32 Å². The highest BCUT2D eigenvalue weighted by Crippen LogP contribution is 2.08. The molecule has 86 valence electrons. The zero-order valence-corrected chi connectivity index (χ0v) is 10.2. The normalized spacial score (nSPS) is 11.8. The molecule has 0 spiro atoms. The van der Waals surface area contributed by atoms with Crippen LogP contribution in [0.4, 0.5) is 0 Å². The monoisotopic (exact) mass is 236 g/mol. The molecule has 1 aromatic heterocycles. The van der Waals surface area contributed by atoms with Crippen LogP contribution in [0, 0.1) is 0 Å². The Bertz CT molecular complexity index is 340. The summed E-state index contributed by atoms with van der Waals surface area (Å²) < 4.78 is 0. The number of nitrogens with zero attached hydrogens (tertiary/aromatic N) is 1. The van der Waals surface area contributed by atoms with Crippen LogP contribution in [-0.4, -0.2) is 22.4 Å². The summed E-state index contributed by atoms with van der Waals surface area (Å²) >= 11 is 1.55. The first-order chi connectivity index (χ1) is 7.74. The Balaban J connectivity index is 2.36. The molecule has 16 heavy (non-hydrogen) atoms. The molecule has 0 bridgehead atoms. The summed E-state index contributed by atoms with van der Waals surface area (Å²) in [5.41, 5.74) is 0.879. The molecule has 0 aliphatic carbocycles. The van der Waals surface area contributed by atoms with E-state index in [1.54, 1.807) is 24.0 Å². The summed E-state index contributed by atoms with van der Waals surface area (Å²) in [6.07, 6.45) is 3.52. The van der Waals surface area contributed by atoms with Gasteiger partial charge in [-0.1, -0.05) is 12.1 Å². The van der Waals surface area contributed by atoms with Gasteiger partial charge in [0.2, 0.25) is 5.91 Å². The quantitative estimate of drug-likeness (QED) is 0.608. The van der Waals surface area contributed by atoms with E-state index in [4.69, 9.17) is 0 Å². The zero-order valence-electron chi connectivity index (χ0n) is 9.35. The van der Waals surface area contributed by atoms with Gasteiger partial charge in [-0.2, -0.15) is 0 Å². The average molecular weight is 236 g/mol. The van der Waals surface area contributed by atoms with Crippen LogP contribution in [-0.2, 0) is 4.79 Å². The van der Waals surface area contributed by atoms with Gasteiger partial charge < -0.3 is 5.32 Å². The van der Waals surface area contributed by atoms with Crippen LogP contribution >= 0.6 is 11.8 Å². The van der Waals surface area contributed by atoms with Crippen molar-refractivity contribution < 1.29 is 4.79 Å². The summed E-state index contributed by atoms with van der Waals surface area (Å²) in [5, 5.41) is 2.90. The fourth-order valence-electron chi connectivity index (χ4n) is 1.22. The van der Waals surface area contributed by atoms with E-state index in [2.05, 4.69) is 16.9 Å². The van der Waals surface area contributed by atoms with Gasteiger partial charge in [-0.15, -0.1) is 18.3 Å². The summed E-state index contributed by atoms with van der Waals surface area (Å²) in [5.74, 6) is 1.29. The number of nitrogens with one attached hydrogen (secondary N) is 1. The second-order valence-corrected chi connectivity index (χ2v) is 4.38. The van der Waals surface area contributed by atoms with E-state index in [9.17, 15) is 4.79 Å². The fraction of sp³-hybridized carbons (Fsp3) is 0.333. The summed E-state index contributed by atoms with van der Waals surface area (Å²) in [6, 6.07) is 5.63. The Morgan fingerprint density at radius 2 is 2.50 bits per heavy atom. The predicted molar refractivity (Wildman–Crippen MR) is 68.3 cm³/mol. The molecular formula is C12H16N2OS. The van der Waals surface area contributed by atoms with Gasteiger partial charge in [0.25, 0.3) is 0 Å². The maximum atomic E-state index is 11.5. The van der Waals surface area contributed by atoms with E-state index >= 15 is 0 Å². The molecule has 0 aliphatic heterocycles. The van der Waals surface area contributed by atoms with Crippen LogP contribution in [0.25, 0.3) is 0 Å². The molecule has 0 radical (unpaired) electrons. The minimum Gasteiger partial charge on any atom is -0.347 e. The van der Waals surface area contributed by atoms with E-state index in [0.717, 1.165) is 11.4 Å². The number of carbonyl (C=O) groups is 1. The molecule has 0 saturated carbocycles. The highest BCUT2D eigenvalue weighted by atomic mass is 32.2. The lowest BCUT2D eigenvalue weighted by atomic mass is 10.2. The van der Waals surface area contributed by atoms with Gasteiger partial charge in [0.05, 0.1) is 17.5 Å². The molecule has 1 N–H and O–H groups in total. The lowest BCUT2D eigenvalue weighted by Gasteiger charge is -2.12. The maximum Gasteiger partial charge on any atom is 0.230 e. The Kier molecular flexibility index (Phi) is 5.64. The number of aromatic nitrogens is 1. The van der Waals surface area contributed by atoms with Crippen molar-refractivity contribution in [2.24, 2.45) is 0 Å². The van der Waals surface area contributed by atoms with Crippen molar-refractivity contribution in [3.8, 4) is 0 Å². The van der Waals surface area contributed by atoms with E-state index in [-0.39, 0.29) is 11.9 Å². The van der Waals surface area contributed by atoms with Crippen LogP contribution in [0.3, 0.4) is 0 Å². The molecular weight excluding hydrogens is 220 g/mol. The summed E-state index contributed by atoms with van der Waals surface area (Å²) in [6.45, 7) is 5.53. The highest BCUT2D eigenvalue weighted by molar-refractivity contribution is 8.00. The molecule has 0 aliphatic rings. The van der Waals surface area contributed by atoms with Crippen LogP contribution in [0.1, 0.15) is 18.7 Å². The number of amides is 1. The first kappa shape index (κ1) is 12.8. The summed E-state index contributed by atoms with van der Waals surface area (Å²) in [4.78, 5) is 15.7. The number of carbonyl (C=O) groups excluding carboxylic acids is 1. The van der Waals surface area contributed by atoms with E-state index in [1.165, 1.54) is 0 Å². The van der Waals surface area contributed by atoms with Crippen molar-refractivity contribution in [2.75, 3.05) is 11.5 Å². The number of thioether (sulfide) groups is 1. The number of hydrogen-bond donors (Lipinski definition) is 1. The molecule has 0 fully saturated rings. The van der Waals surface area contributed by atoms with Gasteiger partial charge in [0.1, 0.15) is 0 Å². The molecule has 4 heteroatoms. The Hall–Kier alpha value is -1.29. The van der Waals surface area contributed by atoms with Gasteiger partial charge in [0.15, 0.2) is 0 Å². The van der Waals surface area contributed by atoms with Crippen LogP contribution in [0.2, 0.25) is 0 Å². The van der Waals surface area contributed by atoms with Crippen molar-refractivity contribution in [1.82, 2.24) is 10.3 Å². The first-order valence-electron chi connectivity index (χ1n) is 5.13. The number of rotatable bonds is 6. The zero-order chi connectivity index (χ0) is 11.8.